The molecule has 0 radical (unpaired) electrons. The van der Waals surface area contributed by atoms with Crippen molar-refractivity contribution in [1.82, 2.24) is 0 Å². The van der Waals surface area contributed by atoms with Crippen molar-refractivity contribution in [3.05, 3.63) is 53.1 Å². The standard InChI is InChI=1S/C15H13ClO3S/c1-2-20-13-8-4-7-12(14(13)15(17)18)19-11-6-3-5-10(16)9-11/h3-9H,2H2,1H3,(H,17,18). The number of thioether (sulfide) groups is 1. The Morgan fingerprint density at radius 3 is 2.70 bits per heavy atom. The molecular formula is C15H13ClO3S. The van der Waals surface area contributed by atoms with E-state index in [1.165, 1.54) is 11.8 Å². The van der Waals surface area contributed by atoms with Crippen molar-refractivity contribution in [2.45, 2.75) is 11.8 Å². The average Bonchev–Trinajstić information content (AvgIpc) is 2.39. The highest BCUT2D eigenvalue weighted by Crippen LogP contribution is 2.33. The van der Waals surface area contributed by atoms with E-state index in [4.69, 9.17) is 16.3 Å². The molecule has 1 N–H and O–H groups in total. The number of aromatic carboxylic acids is 1. The van der Waals surface area contributed by atoms with Gasteiger partial charge < -0.3 is 9.84 Å². The molecule has 0 aromatic heterocycles. The maximum absolute atomic E-state index is 11.5. The van der Waals surface area contributed by atoms with Crippen LogP contribution in [0.3, 0.4) is 0 Å². The highest BCUT2D eigenvalue weighted by molar-refractivity contribution is 7.99. The first-order valence-electron chi connectivity index (χ1n) is 6.04. The van der Waals surface area contributed by atoms with E-state index in [1.807, 2.05) is 6.92 Å². The summed E-state index contributed by atoms with van der Waals surface area (Å²) < 4.78 is 5.66. The number of hydrogen-bond acceptors (Lipinski definition) is 3. The van der Waals surface area contributed by atoms with E-state index in [1.54, 1.807) is 42.5 Å². The third kappa shape index (κ3) is 3.46. The number of carboxylic acids is 1. The van der Waals surface area contributed by atoms with Crippen LogP contribution in [-0.2, 0) is 0 Å². The second kappa shape index (κ2) is 6.68. The van der Waals surface area contributed by atoms with Crippen LogP contribution in [0.5, 0.6) is 11.5 Å². The van der Waals surface area contributed by atoms with Gasteiger partial charge in [-0.25, -0.2) is 4.79 Å². The molecule has 3 nitrogen and oxygen atoms in total. The summed E-state index contributed by atoms with van der Waals surface area (Å²) in [4.78, 5) is 12.1. The Bertz CT molecular complexity index is 628. The molecule has 0 heterocycles. The molecule has 0 unspecified atom stereocenters. The van der Waals surface area contributed by atoms with Gasteiger partial charge in [-0.2, -0.15) is 0 Å². The zero-order valence-corrected chi connectivity index (χ0v) is 12.4. The molecule has 20 heavy (non-hydrogen) atoms. The maximum atomic E-state index is 11.5. The lowest BCUT2D eigenvalue weighted by atomic mass is 10.2. The second-order valence-corrected chi connectivity index (χ2v) is 5.67. The van der Waals surface area contributed by atoms with E-state index in [9.17, 15) is 9.90 Å². The zero-order chi connectivity index (χ0) is 14.5. The Kier molecular flexibility index (Phi) is 4.93. The van der Waals surface area contributed by atoms with Gasteiger partial charge in [-0.1, -0.05) is 30.7 Å². The maximum Gasteiger partial charge on any atom is 0.340 e. The quantitative estimate of drug-likeness (QED) is 0.794. The van der Waals surface area contributed by atoms with E-state index in [0.29, 0.717) is 21.4 Å². The van der Waals surface area contributed by atoms with Gasteiger partial charge in [0, 0.05) is 9.92 Å². The molecule has 0 fully saturated rings. The van der Waals surface area contributed by atoms with Crippen LogP contribution in [0.2, 0.25) is 5.02 Å². The summed E-state index contributed by atoms with van der Waals surface area (Å²) in [6, 6.07) is 12.1. The Labute approximate surface area is 126 Å². The van der Waals surface area contributed by atoms with E-state index in [-0.39, 0.29) is 5.56 Å². The smallest absolute Gasteiger partial charge is 0.340 e. The lowest BCUT2D eigenvalue weighted by Crippen LogP contribution is -2.02. The van der Waals surface area contributed by atoms with Crippen LogP contribution in [-0.4, -0.2) is 16.8 Å². The van der Waals surface area contributed by atoms with Crippen molar-refractivity contribution in [3.63, 3.8) is 0 Å². The molecule has 0 aliphatic heterocycles. The summed E-state index contributed by atoms with van der Waals surface area (Å²) in [5.74, 6) is 0.622. The fourth-order valence-corrected chi connectivity index (χ4v) is 2.74. The van der Waals surface area contributed by atoms with Gasteiger partial charge in [0.05, 0.1) is 0 Å². The molecular weight excluding hydrogens is 296 g/mol. The Morgan fingerprint density at radius 2 is 2.05 bits per heavy atom. The zero-order valence-electron chi connectivity index (χ0n) is 10.8. The Hall–Kier alpha value is -1.65. The molecule has 104 valence electrons. The first-order valence-corrected chi connectivity index (χ1v) is 7.40. The lowest BCUT2D eigenvalue weighted by molar-refractivity contribution is 0.0690. The predicted octanol–water partition coefficient (Wildman–Crippen LogP) is 4.94. The number of hydrogen-bond donors (Lipinski definition) is 1. The first-order chi connectivity index (χ1) is 9.61. The normalized spacial score (nSPS) is 10.3. The Balaban J connectivity index is 2.40. The minimum atomic E-state index is -1.00. The van der Waals surface area contributed by atoms with Crippen molar-refractivity contribution >= 4 is 29.3 Å². The van der Waals surface area contributed by atoms with Crippen molar-refractivity contribution in [3.8, 4) is 11.5 Å². The number of carboxylic acid groups (broad SMARTS) is 1. The minimum Gasteiger partial charge on any atom is -0.478 e. The highest BCUT2D eigenvalue weighted by atomic mass is 35.5. The van der Waals surface area contributed by atoms with E-state index < -0.39 is 5.97 Å². The molecule has 0 saturated heterocycles. The van der Waals surface area contributed by atoms with Crippen molar-refractivity contribution in [1.29, 1.82) is 0 Å². The van der Waals surface area contributed by atoms with Crippen LogP contribution < -0.4 is 4.74 Å². The number of ether oxygens (including phenoxy) is 1. The largest absolute Gasteiger partial charge is 0.478 e. The summed E-state index contributed by atoms with van der Waals surface area (Å²) in [6.45, 7) is 1.97. The van der Waals surface area contributed by atoms with Crippen molar-refractivity contribution in [2.75, 3.05) is 5.75 Å². The first kappa shape index (κ1) is 14.8. The topological polar surface area (TPSA) is 46.5 Å². The van der Waals surface area contributed by atoms with E-state index in [0.717, 1.165) is 5.75 Å². The molecule has 0 amide bonds. The van der Waals surface area contributed by atoms with Crippen LogP contribution in [0.1, 0.15) is 17.3 Å². The molecule has 0 spiro atoms. The Morgan fingerprint density at radius 1 is 1.30 bits per heavy atom. The van der Waals surface area contributed by atoms with E-state index >= 15 is 0 Å². The van der Waals surface area contributed by atoms with Gasteiger partial charge >= 0.3 is 5.97 Å². The number of carbonyl (C=O) groups is 1. The molecule has 5 heteroatoms. The fraction of sp³-hybridized carbons (Fsp3) is 0.133. The minimum absolute atomic E-state index is 0.180. The third-order valence-electron chi connectivity index (χ3n) is 2.53. The van der Waals surface area contributed by atoms with Gasteiger partial charge in [0.25, 0.3) is 0 Å². The average molecular weight is 309 g/mol. The molecule has 0 bridgehead atoms. The van der Waals surface area contributed by atoms with E-state index in [2.05, 4.69) is 0 Å². The monoisotopic (exact) mass is 308 g/mol. The van der Waals surface area contributed by atoms with Crippen LogP contribution in [0.4, 0.5) is 0 Å². The van der Waals surface area contributed by atoms with Gasteiger partial charge in [0.15, 0.2) is 0 Å². The molecule has 0 aliphatic rings. The number of benzene rings is 2. The lowest BCUT2D eigenvalue weighted by Gasteiger charge is -2.12. The summed E-state index contributed by atoms with van der Waals surface area (Å²) in [7, 11) is 0. The third-order valence-corrected chi connectivity index (χ3v) is 3.70. The predicted molar refractivity (Wildman–Crippen MR) is 81.3 cm³/mol. The molecule has 2 rings (SSSR count). The SMILES string of the molecule is CCSc1cccc(Oc2cccc(Cl)c2)c1C(=O)O. The van der Waals surface area contributed by atoms with Gasteiger partial charge in [-0.05, 0) is 36.1 Å². The highest BCUT2D eigenvalue weighted by Gasteiger charge is 2.17. The second-order valence-electron chi connectivity index (χ2n) is 3.93. The molecule has 2 aromatic carbocycles. The van der Waals surface area contributed by atoms with Gasteiger partial charge in [-0.15, -0.1) is 11.8 Å². The number of halogens is 1. The fourth-order valence-electron chi connectivity index (χ4n) is 1.74. The number of rotatable bonds is 5. The van der Waals surface area contributed by atoms with Gasteiger partial charge in [0.1, 0.15) is 17.1 Å². The van der Waals surface area contributed by atoms with Crippen LogP contribution in [0.25, 0.3) is 0 Å². The van der Waals surface area contributed by atoms with Crippen LogP contribution in [0, 0.1) is 0 Å². The summed E-state index contributed by atoms with van der Waals surface area (Å²) in [5, 5.41) is 9.93. The molecule has 2 aromatic rings. The van der Waals surface area contributed by atoms with Crippen LogP contribution >= 0.6 is 23.4 Å². The molecule has 0 aliphatic carbocycles. The van der Waals surface area contributed by atoms with Gasteiger partial charge in [-0.3, -0.25) is 0 Å². The summed E-state index contributed by atoms with van der Waals surface area (Å²) >= 11 is 7.37. The van der Waals surface area contributed by atoms with Crippen LogP contribution in [0.15, 0.2) is 47.4 Å². The molecule has 0 saturated carbocycles. The van der Waals surface area contributed by atoms with Gasteiger partial charge in [0.2, 0.25) is 0 Å². The molecule has 0 atom stereocenters. The summed E-state index contributed by atoms with van der Waals surface area (Å²) in [5.41, 5.74) is 0.180. The summed E-state index contributed by atoms with van der Waals surface area (Å²) in [6.07, 6.45) is 0. The van der Waals surface area contributed by atoms with Crippen molar-refractivity contribution < 1.29 is 14.6 Å². The van der Waals surface area contributed by atoms with Crippen molar-refractivity contribution in [2.24, 2.45) is 0 Å².